The highest BCUT2D eigenvalue weighted by atomic mass is 16.4. The smallest absolute Gasteiger partial charge is 0.414 e. The zero-order valence-electron chi connectivity index (χ0n) is 22.3. The molecule has 0 saturated carbocycles. The van der Waals surface area contributed by atoms with Crippen molar-refractivity contribution in [3.05, 3.63) is 71.3 Å². The summed E-state index contributed by atoms with van der Waals surface area (Å²) in [5.41, 5.74) is 3.03. The van der Waals surface area contributed by atoms with Crippen molar-refractivity contribution in [2.24, 2.45) is 0 Å². The SMILES string of the molecule is N#Cc1ccc(CN2CCN(C(C(=O)N3CCCC3)c3ccccc3)CC2)cc1.O=C(O)C(=O)O.O=C(O)C(=O)O. The van der Waals surface area contributed by atoms with Crippen LogP contribution in [0.4, 0.5) is 0 Å². The van der Waals surface area contributed by atoms with Gasteiger partial charge in [0, 0.05) is 45.8 Å². The zero-order valence-corrected chi connectivity index (χ0v) is 22.3. The molecule has 4 rings (SSSR count). The summed E-state index contributed by atoms with van der Waals surface area (Å²) in [6.45, 7) is 6.31. The van der Waals surface area contributed by atoms with Crippen LogP contribution in [0.3, 0.4) is 0 Å². The molecular weight excluding hydrogens is 536 g/mol. The third-order valence-corrected chi connectivity index (χ3v) is 6.39. The number of hydrogen-bond acceptors (Lipinski definition) is 8. The number of nitrogens with zero attached hydrogens (tertiary/aromatic N) is 4. The van der Waals surface area contributed by atoms with Gasteiger partial charge in [-0.05, 0) is 36.1 Å². The summed E-state index contributed by atoms with van der Waals surface area (Å²) in [4.78, 5) is 56.5. The van der Waals surface area contributed by atoms with Crippen LogP contribution in [0.25, 0.3) is 0 Å². The van der Waals surface area contributed by atoms with Gasteiger partial charge < -0.3 is 25.3 Å². The fourth-order valence-electron chi connectivity index (χ4n) is 4.38. The first-order chi connectivity index (χ1) is 19.5. The van der Waals surface area contributed by atoms with Gasteiger partial charge >= 0.3 is 23.9 Å². The highest BCUT2D eigenvalue weighted by Crippen LogP contribution is 2.26. The highest BCUT2D eigenvalue weighted by Gasteiger charge is 2.34. The van der Waals surface area contributed by atoms with Crippen LogP contribution in [0.15, 0.2) is 54.6 Å². The zero-order chi connectivity index (χ0) is 30.4. The minimum absolute atomic E-state index is 0.175. The Kier molecular flexibility index (Phi) is 12.9. The second kappa shape index (κ2) is 16.3. The number of hydrogen-bond donors (Lipinski definition) is 4. The van der Waals surface area contributed by atoms with E-state index >= 15 is 0 Å². The van der Waals surface area contributed by atoms with Gasteiger partial charge in [0.2, 0.25) is 5.91 Å². The predicted octanol–water partition coefficient (Wildman–Crippen LogP) is 1.35. The van der Waals surface area contributed by atoms with Crippen molar-refractivity contribution in [3.63, 3.8) is 0 Å². The molecule has 1 atom stereocenters. The molecule has 0 spiro atoms. The molecule has 4 N–H and O–H groups in total. The van der Waals surface area contributed by atoms with Crippen LogP contribution in [-0.4, -0.2) is 104 Å². The number of carboxylic acids is 4. The van der Waals surface area contributed by atoms with Crippen molar-refractivity contribution < 1.29 is 44.4 Å². The Morgan fingerprint density at radius 2 is 1.20 bits per heavy atom. The number of carbonyl (C=O) groups excluding carboxylic acids is 1. The summed E-state index contributed by atoms with van der Waals surface area (Å²) < 4.78 is 0. The van der Waals surface area contributed by atoms with Gasteiger partial charge in [-0.15, -0.1) is 0 Å². The summed E-state index contributed by atoms with van der Waals surface area (Å²) in [7, 11) is 0. The van der Waals surface area contributed by atoms with E-state index in [1.807, 2.05) is 47.4 Å². The molecule has 0 radical (unpaired) electrons. The molecule has 41 heavy (non-hydrogen) atoms. The number of nitriles is 1. The summed E-state index contributed by atoms with van der Waals surface area (Å²) in [5, 5.41) is 38.5. The monoisotopic (exact) mass is 568 g/mol. The fourth-order valence-corrected chi connectivity index (χ4v) is 4.38. The maximum atomic E-state index is 13.3. The van der Waals surface area contributed by atoms with Crippen LogP contribution in [0.5, 0.6) is 0 Å². The summed E-state index contributed by atoms with van der Waals surface area (Å²) in [6, 6.07) is 20.1. The second-order valence-corrected chi connectivity index (χ2v) is 9.19. The van der Waals surface area contributed by atoms with E-state index < -0.39 is 23.9 Å². The van der Waals surface area contributed by atoms with E-state index in [-0.39, 0.29) is 11.9 Å². The lowest BCUT2D eigenvalue weighted by Crippen LogP contribution is -2.51. The Morgan fingerprint density at radius 1 is 0.707 bits per heavy atom. The number of likely N-dealkylation sites (tertiary alicyclic amines) is 1. The number of aliphatic carboxylic acids is 4. The maximum absolute atomic E-state index is 13.3. The van der Waals surface area contributed by atoms with Gasteiger partial charge in [-0.3, -0.25) is 14.6 Å². The van der Waals surface area contributed by atoms with Crippen LogP contribution >= 0.6 is 0 Å². The van der Waals surface area contributed by atoms with E-state index in [9.17, 15) is 4.79 Å². The maximum Gasteiger partial charge on any atom is 0.414 e. The van der Waals surface area contributed by atoms with Gasteiger partial charge in [0.05, 0.1) is 11.6 Å². The Labute approximate surface area is 236 Å². The first kappa shape index (κ1) is 32.4. The van der Waals surface area contributed by atoms with Crippen LogP contribution in [0.2, 0.25) is 0 Å². The van der Waals surface area contributed by atoms with Crippen molar-refractivity contribution >= 4 is 29.8 Å². The van der Waals surface area contributed by atoms with Crippen molar-refractivity contribution in [2.75, 3.05) is 39.3 Å². The minimum atomic E-state index is -1.82. The normalized spacial score (nSPS) is 15.6. The molecule has 2 fully saturated rings. The molecular formula is C28H32N4O9. The fraction of sp³-hybridized carbons (Fsp3) is 0.357. The Bertz CT molecular complexity index is 1180. The molecule has 2 saturated heterocycles. The van der Waals surface area contributed by atoms with Gasteiger partial charge in [-0.2, -0.15) is 5.26 Å². The Morgan fingerprint density at radius 3 is 1.63 bits per heavy atom. The molecule has 218 valence electrons. The van der Waals surface area contributed by atoms with E-state index in [0.29, 0.717) is 5.56 Å². The van der Waals surface area contributed by atoms with E-state index in [2.05, 4.69) is 28.0 Å². The predicted molar refractivity (Wildman–Crippen MR) is 144 cm³/mol. The van der Waals surface area contributed by atoms with E-state index in [0.717, 1.165) is 64.2 Å². The number of carboxylic acid groups (broad SMARTS) is 4. The molecule has 13 heteroatoms. The Balaban J connectivity index is 0.000000413. The average molecular weight is 569 g/mol. The van der Waals surface area contributed by atoms with Crippen LogP contribution < -0.4 is 0 Å². The summed E-state index contributed by atoms with van der Waals surface area (Å²) >= 11 is 0. The molecule has 0 aromatic heterocycles. The van der Waals surface area contributed by atoms with Gasteiger partial charge in [0.1, 0.15) is 6.04 Å². The lowest BCUT2D eigenvalue weighted by molar-refractivity contribution is -0.159. The Hall–Kier alpha value is -4.80. The van der Waals surface area contributed by atoms with Crippen LogP contribution in [0, 0.1) is 11.3 Å². The number of amides is 1. The van der Waals surface area contributed by atoms with E-state index in [1.165, 1.54) is 5.56 Å². The topological polar surface area (TPSA) is 200 Å². The minimum Gasteiger partial charge on any atom is -0.473 e. The standard InChI is InChI=1S/C24H28N4O.2C2H2O4/c25-18-20-8-10-21(11-9-20)19-26-14-16-27(17-15-26)23(22-6-2-1-3-7-22)24(29)28-12-4-5-13-28;2*3-1(4)2(5)6/h1-3,6-11,23H,4-5,12-17,19H2;2*(H,3,4)(H,5,6). The molecule has 13 nitrogen and oxygen atoms in total. The molecule has 2 aromatic rings. The van der Waals surface area contributed by atoms with Crippen LogP contribution in [-0.2, 0) is 30.5 Å². The molecule has 2 aromatic carbocycles. The van der Waals surface area contributed by atoms with Gasteiger partial charge in [-0.25, -0.2) is 19.2 Å². The lowest BCUT2D eigenvalue weighted by atomic mass is 10.0. The van der Waals surface area contributed by atoms with Crippen LogP contribution in [0.1, 0.15) is 35.6 Å². The molecule has 1 unspecified atom stereocenters. The van der Waals surface area contributed by atoms with Gasteiger partial charge in [0.25, 0.3) is 0 Å². The van der Waals surface area contributed by atoms with E-state index in [1.54, 1.807) is 0 Å². The number of carbonyl (C=O) groups is 5. The first-order valence-corrected chi connectivity index (χ1v) is 12.7. The van der Waals surface area contributed by atoms with Crippen molar-refractivity contribution in [2.45, 2.75) is 25.4 Å². The third kappa shape index (κ3) is 10.7. The number of piperazine rings is 1. The van der Waals surface area contributed by atoms with Crippen molar-refractivity contribution in [1.29, 1.82) is 5.26 Å². The molecule has 2 aliphatic heterocycles. The highest BCUT2D eigenvalue weighted by molar-refractivity contribution is 6.27. The quantitative estimate of drug-likeness (QED) is 0.378. The number of rotatable bonds is 5. The lowest BCUT2D eigenvalue weighted by Gasteiger charge is -2.40. The molecule has 0 bridgehead atoms. The molecule has 2 heterocycles. The largest absolute Gasteiger partial charge is 0.473 e. The average Bonchev–Trinajstić information content (AvgIpc) is 3.51. The molecule has 2 aliphatic rings. The molecule has 1 amide bonds. The molecule has 0 aliphatic carbocycles. The summed E-state index contributed by atoms with van der Waals surface area (Å²) in [5.74, 6) is -7.04. The van der Waals surface area contributed by atoms with Gasteiger partial charge in [-0.1, -0.05) is 42.5 Å². The van der Waals surface area contributed by atoms with E-state index in [4.69, 9.17) is 44.9 Å². The second-order valence-electron chi connectivity index (χ2n) is 9.19. The van der Waals surface area contributed by atoms with Crippen molar-refractivity contribution in [1.82, 2.24) is 14.7 Å². The van der Waals surface area contributed by atoms with Gasteiger partial charge in [0.15, 0.2) is 0 Å². The summed E-state index contributed by atoms with van der Waals surface area (Å²) in [6.07, 6.45) is 2.23. The third-order valence-electron chi connectivity index (χ3n) is 6.39. The first-order valence-electron chi connectivity index (χ1n) is 12.7. The van der Waals surface area contributed by atoms with Crippen molar-refractivity contribution in [3.8, 4) is 6.07 Å². The number of benzene rings is 2.